The topological polar surface area (TPSA) is 55.4 Å². The van der Waals surface area contributed by atoms with E-state index >= 15 is 0 Å². The van der Waals surface area contributed by atoms with Crippen LogP contribution in [0, 0.1) is 0 Å². The highest BCUT2D eigenvalue weighted by Gasteiger charge is 2.16. The highest BCUT2D eigenvalue weighted by molar-refractivity contribution is 7.14. The maximum atomic E-state index is 11.9. The van der Waals surface area contributed by atoms with Gasteiger partial charge in [-0.3, -0.25) is 9.59 Å². The van der Waals surface area contributed by atoms with Gasteiger partial charge in [0, 0.05) is 4.88 Å². The molecular formula is C14H19NO3S. The van der Waals surface area contributed by atoms with Gasteiger partial charge in [0.25, 0.3) is 5.91 Å². The molecule has 1 aromatic heterocycles. The molecule has 0 atom stereocenters. The average Bonchev–Trinajstić information content (AvgIpc) is 2.68. The second kappa shape index (κ2) is 6.70. The highest BCUT2D eigenvalue weighted by Crippen LogP contribution is 2.28. The first kappa shape index (κ1) is 14.1. The molecular weight excluding hydrogens is 262 g/mol. The van der Waals surface area contributed by atoms with E-state index in [1.54, 1.807) is 18.3 Å². The molecule has 1 aliphatic rings. The van der Waals surface area contributed by atoms with Crippen molar-refractivity contribution in [2.24, 2.45) is 0 Å². The van der Waals surface area contributed by atoms with Gasteiger partial charge in [0.1, 0.15) is 6.54 Å². The van der Waals surface area contributed by atoms with E-state index in [0.29, 0.717) is 11.5 Å². The Labute approximate surface area is 117 Å². The van der Waals surface area contributed by atoms with Crippen LogP contribution in [0.4, 0.5) is 0 Å². The monoisotopic (exact) mass is 281 g/mol. The molecule has 0 unspecified atom stereocenters. The van der Waals surface area contributed by atoms with E-state index in [0.717, 1.165) is 12.8 Å². The quantitative estimate of drug-likeness (QED) is 0.680. The average molecular weight is 281 g/mol. The van der Waals surface area contributed by atoms with Crippen LogP contribution in [0.15, 0.2) is 6.07 Å². The Morgan fingerprint density at radius 1 is 1.32 bits per heavy atom. The highest BCUT2D eigenvalue weighted by atomic mass is 32.1. The van der Waals surface area contributed by atoms with Crippen molar-refractivity contribution in [1.82, 2.24) is 5.32 Å². The summed E-state index contributed by atoms with van der Waals surface area (Å²) in [6.45, 7) is 2.02. The number of rotatable bonds is 4. The van der Waals surface area contributed by atoms with Gasteiger partial charge in [0.2, 0.25) is 0 Å². The summed E-state index contributed by atoms with van der Waals surface area (Å²) < 4.78 is 4.78. The second-order valence-electron chi connectivity index (χ2n) is 4.61. The maximum Gasteiger partial charge on any atom is 0.325 e. The van der Waals surface area contributed by atoms with Gasteiger partial charge in [-0.15, -0.1) is 11.3 Å². The van der Waals surface area contributed by atoms with Crippen molar-refractivity contribution in [3.63, 3.8) is 0 Å². The first-order valence-corrected chi connectivity index (χ1v) is 7.57. The van der Waals surface area contributed by atoms with E-state index in [2.05, 4.69) is 5.32 Å². The van der Waals surface area contributed by atoms with Crippen molar-refractivity contribution in [3.8, 4) is 0 Å². The number of amides is 1. The lowest BCUT2D eigenvalue weighted by molar-refractivity contribution is -0.141. The van der Waals surface area contributed by atoms with Gasteiger partial charge in [-0.05, 0) is 44.2 Å². The third-order valence-corrected chi connectivity index (χ3v) is 4.40. The number of hydrogen-bond acceptors (Lipinski definition) is 4. The zero-order valence-corrected chi connectivity index (χ0v) is 12.0. The molecule has 5 heteroatoms. The molecule has 1 amide bonds. The van der Waals surface area contributed by atoms with Crippen molar-refractivity contribution < 1.29 is 14.3 Å². The lowest BCUT2D eigenvalue weighted by atomic mass is 10.1. The van der Waals surface area contributed by atoms with Crippen LogP contribution in [0.2, 0.25) is 0 Å². The van der Waals surface area contributed by atoms with Crippen LogP contribution < -0.4 is 5.32 Å². The third-order valence-electron chi connectivity index (χ3n) is 3.17. The molecule has 0 saturated heterocycles. The largest absolute Gasteiger partial charge is 0.465 e. The van der Waals surface area contributed by atoms with Crippen LogP contribution in [0.25, 0.3) is 0 Å². The van der Waals surface area contributed by atoms with Gasteiger partial charge >= 0.3 is 5.97 Å². The smallest absolute Gasteiger partial charge is 0.325 e. The van der Waals surface area contributed by atoms with Gasteiger partial charge in [0.05, 0.1) is 11.5 Å². The zero-order valence-electron chi connectivity index (χ0n) is 11.2. The molecule has 0 aliphatic heterocycles. The van der Waals surface area contributed by atoms with Crippen LogP contribution in [-0.4, -0.2) is 25.0 Å². The molecule has 4 nitrogen and oxygen atoms in total. The number of carbonyl (C=O) groups excluding carboxylic acids is 2. The summed E-state index contributed by atoms with van der Waals surface area (Å²) in [6.07, 6.45) is 5.82. The Morgan fingerprint density at radius 3 is 2.89 bits per heavy atom. The number of carbonyl (C=O) groups is 2. The van der Waals surface area contributed by atoms with E-state index in [1.807, 2.05) is 6.07 Å². The second-order valence-corrected chi connectivity index (χ2v) is 5.74. The standard InChI is InChI=1S/C14H19NO3S/c1-2-18-13(16)9-15-14(17)12-8-10-6-4-3-5-7-11(10)19-12/h8H,2-7,9H2,1H3,(H,15,17). The molecule has 0 saturated carbocycles. The van der Waals surface area contributed by atoms with Crippen LogP contribution in [-0.2, 0) is 22.4 Å². The van der Waals surface area contributed by atoms with Gasteiger partial charge in [-0.1, -0.05) is 6.42 Å². The SMILES string of the molecule is CCOC(=O)CNC(=O)c1cc2c(s1)CCCCC2. The lowest BCUT2D eigenvalue weighted by Crippen LogP contribution is -2.30. The minimum atomic E-state index is -0.394. The summed E-state index contributed by atoms with van der Waals surface area (Å²) >= 11 is 1.56. The fourth-order valence-electron chi connectivity index (χ4n) is 2.23. The summed E-state index contributed by atoms with van der Waals surface area (Å²) in [5.41, 5.74) is 1.31. The number of fused-ring (bicyclic) bond motifs is 1. The Kier molecular flexibility index (Phi) is 4.96. The Morgan fingerprint density at radius 2 is 2.11 bits per heavy atom. The van der Waals surface area contributed by atoms with Crippen molar-refractivity contribution >= 4 is 23.2 Å². The van der Waals surface area contributed by atoms with Crippen molar-refractivity contribution in [2.75, 3.05) is 13.2 Å². The Balaban J connectivity index is 1.94. The third kappa shape index (κ3) is 3.80. The number of nitrogens with one attached hydrogen (secondary N) is 1. The van der Waals surface area contributed by atoms with Gasteiger partial charge < -0.3 is 10.1 Å². The Bertz CT molecular complexity index is 444. The number of ether oxygens (including phenoxy) is 1. The summed E-state index contributed by atoms with van der Waals surface area (Å²) in [4.78, 5) is 25.2. The number of thiophene rings is 1. The van der Waals surface area contributed by atoms with E-state index in [9.17, 15) is 9.59 Å². The van der Waals surface area contributed by atoms with Crippen molar-refractivity contribution in [2.45, 2.75) is 39.0 Å². The van der Waals surface area contributed by atoms with Gasteiger partial charge in [0.15, 0.2) is 0 Å². The Hall–Kier alpha value is -1.36. The van der Waals surface area contributed by atoms with Gasteiger partial charge in [-0.25, -0.2) is 0 Å². The minimum absolute atomic E-state index is 0.0603. The van der Waals surface area contributed by atoms with Crippen LogP contribution in [0.5, 0.6) is 0 Å². The van der Waals surface area contributed by atoms with Crippen molar-refractivity contribution in [3.05, 3.63) is 21.4 Å². The number of esters is 1. The molecule has 1 aromatic rings. The van der Waals surface area contributed by atoms with Crippen LogP contribution in [0.3, 0.4) is 0 Å². The molecule has 1 heterocycles. The fraction of sp³-hybridized carbons (Fsp3) is 0.571. The van der Waals surface area contributed by atoms with Crippen LogP contribution >= 0.6 is 11.3 Å². The first-order chi connectivity index (χ1) is 9.20. The van der Waals surface area contributed by atoms with E-state index in [-0.39, 0.29) is 12.5 Å². The molecule has 0 radical (unpaired) electrons. The summed E-state index contributed by atoms with van der Waals surface area (Å²) in [5.74, 6) is -0.569. The first-order valence-electron chi connectivity index (χ1n) is 6.76. The number of aryl methyl sites for hydroxylation is 2. The van der Waals surface area contributed by atoms with E-state index < -0.39 is 5.97 Å². The molecule has 1 aliphatic carbocycles. The van der Waals surface area contributed by atoms with Gasteiger partial charge in [-0.2, -0.15) is 0 Å². The van der Waals surface area contributed by atoms with E-state index in [1.165, 1.54) is 29.7 Å². The fourth-order valence-corrected chi connectivity index (χ4v) is 3.40. The molecule has 0 aromatic carbocycles. The molecule has 0 fully saturated rings. The molecule has 0 spiro atoms. The normalized spacial score (nSPS) is 14.4. The van der Waals surface area contributed by atoms with Crippen LogP contribution in [0.1, 0.15) is 46.3 Å². The molecule has 1 N–H and O–H groups in total. The maximum absolute atomic E-state index is 11.9. The minimum Gasteiger partial charge on any atom is -0.465 e. The molecule has 19 heavy (non-hydrogen) atoms. The summed E-state index contributed by atoms with van der Waals surface area (Å²) in [6, 6.07) is 1.98. The molecule has 104 valence electrons. The molecule has 2 rings (SSSR count). The number of hydrogen-bond donors (Lipinski definition) is 1. The van der Waals surface area contributed by atoms with Crippen molar-refractivity contribution in [1.29, 1.82) is 0 Å². The van der Waals surface area contributed by atoms with E-state index in [4.69, 9.17) is 4.74 Å². The lowest BCUT2D eigenvalue weighted by Gasteiger charge is -2.03. The summed E-state index contributed by atoms with van der Waals surface area (Å²) in [7, 11) is 0. The predicted molar refractivity (Wildman–Crippen MR) is 74.5 cm³/mol. The predicted octanol–water partition coefficient (Wildman–Crippen LogP) is 2.31. The summed E-state index contributed by atoms with van der Waals surface area (Å²) in [5, 5.41) is 2.61. The zero-order chi connectivity index (χ0) is 13.7. The molecule has 0 bridgehead atoms.